The van der Waals surface area contributed by atoms with Gasteiger partial charge in [0, 0.05) is 0 Å². The summed E-state index contributed by atoms with van der Waals surface area (Å²) >= 11 is 0. The molecule has 5 nitrogen and oxygen atoms in total. The Morgan fingerprint density at radius 2 is 0.636 bits per heavy atom. The topological polar surface area (TPSA) is 91.1 Å². The maximum Gasteiger partial charge on any atom is 0.231 e. The van der Waals surface area contributed by atoms with Crippen LogP contribution in [0, 0.1) is 34.5 Å². The molecule has 0 bridgehead atoms. The Balaban J connectivity index is 0.000000582. The van der Waals surface area contributed by atoms with Crippen molar-refractivity contribution in [3.8, 4) is 0 Å². The van der Waals surface area contributed by atoms with Gasteiger partial charge >= 0.3 is 0 Å². The summed E-state index contributed by atoms with van der Waals surface area (Å²) in [7, 11) is 0. The first-order chi connectivity index (χ1) is 16.2. The highest BCUT2D eigenvalue weighted by atomic mass is 16.5. The highest BCUT2D eigenvalue weighted by Gasteiger charge is 2.39. The van der Waals surface area contributed by atoms with E-state index >= 15 is 0 Å². The molecule has 4 aliphatic carbocycles. The van der Waals surface area contributed by atoms with Crippen molar-refractivity contribution in [2.45, 2.75) is 141 Å². The zero-order chi connectivity index (χ0) is 23.7. The summed E-state index contributed by atoms with van der Waals surface area (Å²) in [4.78, 5) is 16.7. The molecule has 4 saturated carbocycles. The summed E-state index contributed by atoms with van der Waals surface area (Å²) in [5.41, 5.74) is 0. The molecule has 0 aliphatic heterocycles. The van der Waals surface area contributed by atoms with E-state index in [0.717, 1.165) is 35.8 Å². The summed E-state index contributed by atoms with van der Waals surface area (Å²) < 4.78 is 7.41. The van der Waals surface area contributed by atoms with Crippen LogP contribution in [0.25, 0.3) is 0 Å². The molecular weight excluding hydrogens is 412 g/mol. The van der Waals surface area contributed by atoms with Gasteiger partial charge in [-0.15, -0.1) is 0 Å². The maximum absolute atomic E-state index is 8.35. The molecule has 4 fully saturated rings. The Bertz CT molecular complexity index is 474. The second kappa shape index (κ2) is 17.2. The van der Waals surface area contributed by atoms with Crippen LogP contribution in [0.2, 0.25) is 0 Å². The number of ether oxygens (including phenoxy) is 1. The smallest absolute Gasteiger partial charge is 0.231 e. The molecule has 0 heterocycles. The molecule has 33 heavy (non-hydrogen) atoms. The van der Waals surface area contributed by atoms with Gasteiger partial charge in [0.2, 0.25) is 12.2 Å². The highest BCUT2D eigenvalue weighted by molar-refractivity contribution is 5.26. The number of hydrogen-bond donors (Lipinski definition) is 2. The van der Waals surface area contributed by atoms with E-state index in [9.17, 15) is 0 Å². The Morgan fingerprint density at radius 1 is 0.455 bits per heavy atom. The molecular formula is C28H48N2O3. The number of carbonyl (C=O) groups excluding carboxylic acids is 2. The standard InChI is InChI=1S/C26H46O.2CHNO/c1-5-13-21(14-6-1)25(22-15-7-2-8-16-22)27-26(23-17-9-3-10-18-23)24-19-11-4-12-20-24;2*2-1-3/h21-26H,1-20H2;2*2H. The average molecular weight is 461 g/mol. The summed E-state index contributed by atoms with van der Waals surface area (Å²) in [6.07, 6.45) is 32.0. The minimum atomic E-state index is 0.611. The van der Waals surface area contributed by atoms with Crippen LogP contribution >= 0.6 is 0 Å². The molecule has 0 aromatic heterocycles. The number of rotatable bonds is 6. The lowest BCUT2D eigenvalue weighted by Gasteiger charge is -2.45. The van der Waals surface area contributed by atoms with E-state index in [1.807, 2.05) is 0 Å². The molecule has 4 aliphatic rings. The van der Waals surface area contributed by atoms with Crippen molar-refractivity contribution in [3.63, 3.8) is 0 Å². The lowest BCUT2D eigenvalue weighted by Crippen LogP contribution is -2.43. The molecule has 0 atom stereocenters. The molecule has 0 radical (unpaired) electrons. The Kier molecular flexibility index (Phi) is 14.6. The van der Waals surface area contributed by atoms with Gasteiger partial charge in [0.1, 0.15) is 0 Å². The van der Waals surface area contributed by atoms with Crippen molar-refractivity contribution >= 4 is 12.2 Å². The first-order valence-corrected chi connectivity index (χ1v) is 14.0. The summed E-state index contributed by atoms with van der Waals surface area (Å²) in [6.45, 7) is 0. The van der Waals surface area contributed by atoms with E-state index in [-0.39, 0.29) is 0 Å². The van der Waals surface area contributed by atoms with Gasteiger partial charge in [-0.3, -0.25) is 0 Å². The van der Waals surface area contributed by atoms with Crippen molar-refractivity contribution in [3.05, 3.63) is 0 Å². The lowest BCUT2D eigenvalue weighted by atomic mass is 9.73. The number of nitrogens with one attached hydrogen (secondary N) is 2. The molecule has 188 valence electrons. The molecule has 0 aromatic carbocycles. The van der Waals surface area contributed by atoms with Gasteiger partial charge in [-0.2, -0.15) is 0 Å². The highest BCUT2D eigenvalue weighted by Crippen LogP contribution is 2.43. The fourth-order valence-electron chi connectivity index (χ4n) is 7.25. The predicted octanol–water partition coefficient (Wildman–Crippen LogP) is 7.86. The van der Waals surface area contributed by atoms with Crippen LogP contribution < -0.4 is 0 Å². The van der Waals surface area contributed by atoms with Gasteiger partial charge in [0.15, 0.2) is 0 Å². The molecule has 0 saturated heterocycles. The second-order valence-corrected chi connectivity index (χ2v) is 10.9. The zero-order valence-electron chi connectivity index (χ0n) is 20.8. The fraction of sp³-hybridized carbons (Fsp3) is 0.929. The molecule has 0 aromatic rings. The van der Waals surface area contributed by atoms with Crippen LogP contribution in [0.15, 0.2) is 0 Å². The average Bonchev–Trinajstić information content (AvgIpc) is 2.88. The predicted molar refractivity (Wildman–Crippen MR) is 132 cm³/mol. The molecule has 0 unspecified atom stereocenters. The van der Waals surface area contributed by atoms with Gasteiger partial charge in [-0.1, -0.05) is 77.0 Å². The van der Waals surface area contributed by atoms with Crippen LogP contribution in [-0.2, 0) is 14.3 Å². The Hall–Kier alpha value is -1.28. The zero-order valence-corrected chi connectivity index (χ0v) is 20.8. The summed E-state index contributed by atoms with van der Waals surface area (Å²) in [5.74, 6) is 3.54. The number of isocyanates is 2. The molecule has 0 spiro atoms. The first kappa shape index (κ1) is 28.0. The van der Waals surface area contributed by atoms with Gasteiger partial charge in [0.05, 0.1) is 12.2 Å². The van der Waals surface area contributed by atoms with E-state index in [0.29, 0.717) is 12.2 Å². The van der Waals surface area contributed by atoms with Crippen LogP contribution in [0.3, 0.4) is 0 Å². The van der Waals surface area contributed by atoms with E-state index in [1.54, 1.807) is 0 Å². The van der Waals surface area contributed by atoms with Gasteiger partial charge in [0.25, 0.3) is 0 Å². The maximum atomic E-state index is 8.35. The Morgan fingerprint density at radius 3 is 0.818 bits per heavy atom. The first-order valence-electron chi connectivity index (χ1n) is 14.0. The fourth-order valence-corrected chi connectivity index (χ4v) is 7.25. The molecule has 4 rings (SSSR count). The van der Waals surface area contributed by atoms with Gasteiger partial charge in [-0.25, -0.2) is 20.4 Å². The lowest BCUT2D eigenvalue weighted by molar-refractivity contribution is -0.136. The van der Waals surface area contributed by atoms with Crippen molar-refractivity contribution in [2.24, 2.45) is 23.7 Å². The molecule has 5 heteroatoms. The Labute approximate surface area is 201 Å². The van der Waals surface area contributed by atoms with Crippen LogP contribution in [0.4, 0.5) is 0 Å². The second-order valence-electron chi connectivity index (χ2n) is 10.9. The van der Waals surface area contributed by atoms with E-state index in [2.05, 4.69) is 0 Å². The van der Waals surface area contributed by atoms with Crippen molar-refractivity contribution in [1.29, 1.82) is 10.8 Å². The van der Waals surface area contributed by atoms with Crippen LogP contribution in [-0.4, -0.2) is 24.4 Å². The number of hydrogen-bond acceptors (Lipinski definition) is 5. The van der Waals surface area contributed by atoms with E-state index < -0.39 is 0 Å². The summed E-state index contributed by atoms with van der Waals surface area (Å²) in [5, 5.41) is 10.8. The monoisotopic (exact) mass is 460 g/mol. The third-order valence-electron chi connectivity index (χ3n) is 8.77. The van der Waals surface area contributed by atoms with Crippen LogP contribution in [0.1, 0.15) is 128 Å². The van der Waals surface area contributed by atoms with Crippen molar-refractivity contribution in [2.75, 3.05) is 0 Å². The van der Waals surface area contributed by atoms with E-state index in [4.69, 9.17) is 25.1 Å². The normalized spacial score (nSPS) is 23.6. The largest absolute Gasteiger partial charge is 0.374 e. The van der Waals surface area contributed by atoms with Crippen LogP contribution in [0.5, 0.6) is 0 Å². The van der Waals surface area contributed by atoms with Crippen molar-refractivity contribution in [1.82, 2.24) is 0 Å². The third kappa shape index (κ3) is 9.85. The van der Waals surface area contributed by atoms with Gasteiger partial charge in [-0.05, 0) is 75.0 Å². The third-order valence-corrected chi connectivity index (χ3v) is 8.77. The van der Waals surface area contributed by atoms with Crippen molar-refractivity contribution < 1.29 is 14.3 Å². The molecule has 0 amide bonds. The SMILES string of the molecule is C1CCC(C(OC(C2CCCCC2)C2CCCCC2)C2CCCCC2)CC1.N=C=O.N=C=O. The molecule has 2 N–H and O–H groups in total. The minimum Gasteiger partial charge on any atom is -0.374 e. The minimum absolute atomic E-state index is 0.611. The summed E-state index contributed by atoms with van der Waals surface area (Å²) in [6, 6.07) is 0. The van der Waals surface area contributed by atoms with E-state index in [1.165, 1.54) is 128 Å². The quantitative estimate of drug-likeness (QED) is 0.312. The van der Waals surface area contributed by atoms with Gasteiger partial charge < -0.3 is 4.74 Å².